The van der Waals surface area contributed by atoms with Gasteiger partial charge in [-0.05, 0) is 174 Å². The van der Waals surface area contributed by atoms with Crippen molar-refractivity contribution in [2.24, 2.45) is 0 Å². The quantitative estimate of drug-likeness (QED) is 0.150. The number of fused-ring (bicyclic) bond motifs is 12. The van der Waals surface area contributed by atoms with E-state index in [-0.39, 0.29) is 0 Å². The summed E-state index contributed by atoms with van der Waals surface area (Å²) < 4.78 is 0. The van der Waals surface area contributed by atoms with Crippen LogP contribution in [-0.2, 0) is 5.41 Å². The summed E-state index contributed by atoms with van der Waals surface area (Å²) in [5.74, 6) is 0. The van der Waals surface area contributed by atoms with Crippen molar-refractivity contribution in [2.75, 3.05) is 9.80 Å². The fourth-order valence-electron chi connectivity index (χ4n) is 11.9. The monoisotopic (exact) mass is 902 g/mol. The molecule has 2 heteroatoms. The maximum Gasteiger partial charge on any atom is 0.0725 e. The first-order chi connectivity index (χ1) is 35.2. The molecular formula is C69H46N2. The number of anilines is 6. The van der Waals surface area contributed by atoms with Gasteiger partial charge in [-0.1, -0.05) is 188 Å². The normalized spacial score (nSPS) is 12.6. The topological polar surface area (TPSA) is 6.48 Å². The van der Waals surface area contributed by atoms with Crippen molar-refractivity contribution in [3.05, 3.63) is 301 Å². The standard InChI is InChI=1S/C69H46N2/c1-5-19-52(20-6-1)70(53-21-7-2-8-22-53)56-38-35-47(36-39-56)48-33-34-49-44-63-61-40-37-50(45-66(61)69(67(63)46-51(49)43-48)64-31-17-15-28-59(64)60-29-16-18-32-65(60)69)57-41-42-68(62-30-14-13-27-58(57)62)71(54-23-9-3-10-24-54)55-25-11-4-12-26-55/h1-46H. The van der Waals surface area contributed by atoms with Crippen LogP contribution >= 0.6 is 0 Å². The van der Waals surface area contributed by atoms with E-state index in [9.17, 15) is 0 Å². The molecule has 14 rings (SSSR count). The Morgan fingerprint density at radius 3 is 1.28 bits per heavy atom. The molecular weight excluding hydrogens is 857 g/mol. The zero-order valence-corrected chi connectivity index (χ0v) is 39.0. The summed E-state index contributed by atoms with van der Waals surface area (Å²) in [5.41, 5.74) is 21.6. The molecule has 0 aromatic heterocycles. The molecule has 2 aliphatic carbocycles. The highest BCUT2D eigenvalue weighted by atomic mass is 15.1. The van der Waals surface area contributed by atoms with Crippen molar-refractivity contribution in [1.29, 1.82) is 0 Å². The third kappa shape index (κ3) is 6.42. The highest BCUT2D eigenvalue weighted by molar-refractivity contribution is 6.07. The summed E-state index contributed by atoms with van der Waals surface area (Å²) in [5, 5.41) is 4.89. The summed E-state index contributed by atoms with van der Waals surface area (Å²) in [4.78, 5) is 4.69. The van der Waals surface area contributed by atoms with Crippen LogP contribution in [-0.4, -0.2) is 0 Å². The van der Waals surface area contributed by atoms with Crippen molar-refractivity contribution in [3.8, 4) is 44.5 Å². The molecule has 0 saturated heterocycles. The number of hydrogen-bond donors (Lipinski definition) is 0. The van der Waals surface area contributed by atoms with E-state index in [0.29, 0.717) is 0 Å². The molecule has 2 nitrogen and oxygen atoms in total. The maximum absolute atomic E-state index is 2.52. The Morgan fingerprint density at radius 2 is 0.676 bits per heavy atom. The number of rotatable bonds is 8. The SMILES string of the molecule is c1ccc(N(c2ccccc2)c2ccc(-c3ccc4cc5c(cc4c3)C3(c4ccccc4-c4ccccc43)c3cc(-c4ccc(N(c6ccccc6)c6ccccc6)c6ccccc46)ccc3-5)cc2)cc1. The second-order valence-electron chi connectivity index (χ2n) is 18.8. The van der Waals surface area contributed by atoms with Crippen LogP contribution in [0, 0.1) is 0 Å². The lowest BCUT2D eigenvalue weighted by Crippen LogP contribution is -2.25. The zero-order chi connectivity index (χ0) is 46.9. The van der Waals surface area contributed by atoms with E-state index in [4.69, 9.17) is 0 Å². The Bertz CT molecular complexity index is 3850. The van der Waals surface area contributed by atoms with E-state index in [2.05, 4.69) is 289 Å². The van der Waals surface area contributed by atoms with Crippen LogP contribution in [0.15, 0.2) is 279 Å². The van der Waals surface area contributed by atoms with Crippen molar-refractivity contribution in [3.63, 3.8) is 0 Å². The second-order valence-corrected chi connectivity index (χ2v) is 18.8. The summed E-state index contributed by atoms with van der Waals surface area (Å²) in [6.45, 7) is 0. The molecule has 0 unspecified atom stereocenters. The zero-order valence-electron chi connectivity index (χ0n) is 39.0. The molecule has 12 aromatic carbocycles. The van der Waals surface area contributed by atoms with Crippen LogP contribution in [0.25, 0.3) is 66.1 Å². The fraction of sp³-hybridized carbons (Fsp3) is 0.0145. The Balaban J connectivity index is 0.921. The first-order valence-corrected chi connectivity index (χ1v) is 24.6. The first-order valence-electron chi connectivity index (χ1n) is 24.6. The predicted octanol–water partition coefficient (Wildman–Crippen LogP) is 18.6. The lowest BCUT2D eigenvalue weighted by molar-refractivity contribution is 0.795. The van der Waals surface area contributed by atoms with Gasteiger partial charge in [0.25, 0.3) is 0 Å². The van der Waals surface area contributed by atoms with Gasteiger partial charge in [0.05, 0.1) is 11.1 Å². The molecule has 0 atom stereocenters. The van der Waals surface area contributed by atoms with E-state index < -0.39 is 5.41 Å². The van der Waals surface area contributed by atoms with Gasteiger partial charge in [-0.15, -0.1) is 0 Å². The minimum absolute atomic E-state index is 0.509. The van der Waals surface area contributed by atoms with Gasteiger partial charge in [0.2, 0.25) is 0 Å². The van der Waals surface area contributed by atoms with Gasteiger partial charge in [0.15, 0.2) is 0 Å². The lowest BCUT2D eigenvalue weighted by atomic mass is 9.70. The van der Waals surface area contributed by atoms with E-state index in [1.807, 2.05) is 0 Å². The fourth-order valence-corrected chi connectivity index (χ4v) is 11.9. The van der Waals surface area contributed by atoms with Gasteiger partial charge >= 0.3 is 0 Å². The molecule has 1 spiro atoms. The van der Waals surface area contributed by atoms with Gasteiger partial charge in [-0.25, -0.2) is 0 Å². The molecule has 0 heterocycles. The third-order valence-corrected chi connectivity index (χ3v) is 15.0. The summed E-state index contributed by atoms with van der Waals surface area (Å²) in [6, 6.07) is 103. The molecule has 0 aliphatic heterocycles. The Morgan fingerprint density at radius 1 is 0.225 bits per heavy atom. The molecule has 0 radical (unpaired) electrons. The average molecular weight is 903 g/mol. The van der Waals surface area contributed by atoms with E-state index in [0.717, 1.165) is 34.1 Å². The van der Waals surface area contributed by atoms with Gasteiger partial charge in [0.1, 0.15) is 0 Å². The Hall–Kier alpha value is -9.24. The molecule has 332 valence electrons. The molecule has 0 fully saturated rings. The second kappa shape index (κ2) is 16.5. The van der Waals surface area contributed by atoms with E-state index >= 15 is 0 Å². The summed E-state index contributed by atoms with van der Waals surface area (Å²) in [6.07, 6.45) is 0. The van der Waals surface area contributed by atoms with Crippen molar-refractivity contribution in [1.82, 2.24) is 0 Å². The number of benzene rings is 12. The molecule has 0 bridgehead atoms. The summed E-state index contributed by atoms with van der Waals surface area (Å²) >= 11 is 0. The van der Waals surface area contributed by atoms with Crippen molar-refractivity contribution >= 4 is 55.7 Å². The van der Waals surface area contributed by atoms with Crippen LogP contribution in [0.5, 0.6) is 0 Å². The number of nitrogens with zero attached hydrogens (tertiary/aromatic N) is 2. The molecule has 2 aliphatic rings. The number of para-hydroxylation sites is 4. The van der Waals surface area contributed by atoms with Crippen LogP contribution < -0.4 is 9.80 Å². The number of hydrogen-bond acceptors (Lipinski definition) is 2. The van der Waals surface area contributed by atoms with Crippen molar-refractivity contribution < 1.29 is 0 Å². The Kier molecular flexibility index (Phi) is 9.47. The lowest BCUT2D eigenvalue weighted by Gasteiger charge is -2.31. The van der Waals surface area contributed by atoms with Crippen LogP contribution in [0.2, 0.25) is 0 Å². The highest BCUT2D eigenvalue weighted by Crippen LogP contribution is 2.64. The third-order valence-electron chi connectivity index (χ3n) is 15.0. The van der Waals surface area contributed by atoms with Crippen LogP contribution in [0.4, 0.5) is 34.1 Å². The van der Waals surface area contributed by atoms with Crippen LogP contribution in [0.1, 0.15) is 22.3 Å². The van der Waals surface area contributed by atoms with Gasteiger partial charge in [-0.3, -0.25) is 0 Å². The summed E-state index contributed by atoms with van der Waals surface area (Å²) in [7, 11) is 0. The first kappa shape index (κ1) is 40.8. The largest absolute Gasteiger partial charge is 0.311 e. The molecule has 0 amide bonds. The average Bonchev–Trinajstić information content (AvgIpc) is 3.90. The molecule has 0 saturated carbocycles. The smallest absolute Gasteiger partial charge is 0.0725 e. The molecule has 0 N–H and O–H groups in total. The van der Waals surface area contributed by atoms with E-state index in [1.54, 1.807) is 0 Å². The van der Waals surface area contributed by atoms with Gasteiger partial charge in [-0.2, -0.15) is 0 Å². The minimum atomic E-state index is -0.509. The Labute approximate surface area is 414 Å². The van der Waals surface area contributed by atoms with Gasteiger partial charge < -0.3 is 9.80 Å². The maximum atomic E-state index is 2.52. The van der Waals surface area contributed by atoms with E-state index in [1.165, 1.54) is 88.3 Å². The minimum Gasteiger partial charge on any atom is -0.311 e. The molecule has 71 heavy (non-hydrogen) atoms. The van der Waals surface area contributed by atoms with Crippen molar-refractivity contribution in [2.45, 2.75) is 5.41 Å². The molecule has 12 aromatic rings. The predicted molar refractivity (Wildman–Crippen MR) is 298 cm³/mol. The van der Waals surface area contributed by atoms with Gasteiger partial charge in [0, 0.05) is 33.8 Å². The van der Waals surface area contributed by atoms with Crippen LogP contribution in [0.3, 0.4) is 0 Å². The highest BCUT2D eigenvalue weighted by Gasteiger charge is 2.51.